The second kappa shape index (κ2) is 5.92. The minimum Gasteiger partial charge on any atom is -0.309 e. The second-order valence-electron chi connectivity index (χ2n) is 6.46. The minimum atomic E-state index is -2.78. The number of aromatic nitrogens is 2. The van der Waals surface area contributed by atoms with Crippen LogP contribution in [0.3, 0.4) is 0 Å². The third-order valence-electron chi connectivity index (χ3n) is 4.26. The van der Waals surface area contributed by atoms with Crippen LogP contribution in [0.25, 0.3) is 11.3 Å². The first-order valence-electron chi connectivity index (χ1n) is 7.93. The van der Waals surface area contributed by atoms with E-state index in [1.54, 1.807) is 13.8 Å². The van der Waals surface area contributed by atoms with Crippen LogP contribution in [0, 0.1) is 12.8 Å². The molecule has 1 heterocycles. The maximum Gasteiger partial charge on any atom is 0.273 e. The van der Waals surface area contributed by atoms with Gasteiger partial charge in [-0.2, -0.15) is 0 Å². The Morgan fingerprint density at radius 2 is 2.00 bits per heavy atom. The van der Waals surface area contributed by atoms with Gasteiger partial charge in [0.1, 0.15) is 0 Å². The van der Waals surface area contributed by atoms with Gasteiger partial charge in [-0.25, -0.2) is 13.8 Å². The summed E-state index contributed by atoms with van der Waals surface area (Å²) in [6.45, 7) is 5.44. The molecule has 1 amide bonds. The van der Waals surface area contributed by atoms with Gasteiger partial charge in [0.25, 0.3) is 5.92 Å². The molecule has 1 aromatic heterocycles. The molecule has 4 nitrogen and oxygen atoms in total. The number of nitrogens with one attached hydrogen (secondary N) is 1. The average molecular weight is 331 g/mol. The number of halogens is 2. The van der Waals surface area contributed by atoms with Gasteiger partial charge in [-0.15, -0.1) is 0 Å². The molecule has 6 heteroatoms. The van der Waals surface area contributed by atoms with Crippen LogP contribution < -0.4 is 5.32 Å². The first-order chi connectivity index (χ1) is 11.3. The highest BCUT2D eigenvalue weighted by atomic mass is 19.3. The predicted molar refractivity (Wildman–Crippen MR) is 87.9 cm³/mol. The molecule has 0 spiro atoms. The maximum atomic E-state index is 14.0. The Balaban J connectivity index is 1.91. The highest BCUT2D eigenvalue weighted by Gasteiger charge is 2.39. The number of benzene rings is 1. The van der Waals surface area contributed by atoms with Gasteiger partial charge in [-0.05, 0) is 30.5 Å². The molecule has 1 aliphatic carbocycles. The number of anilines is 1. The first-order valence-corrected chi connectivity index (χ1v) is 7.93. The van der Waals surface area contributed by atoms with E-state index in [2.05, 4.69) is 15.3 Å². The highest BCUT2D eigenvalue weighted by molar-refractivity contribution is 5.91. The van der Waals surface area contributed by atoms with Crippen LogP contribution in [0.4, 0.5) is 14.6 Å². The summed E-state index contributed by atoms with van der Waals surface area (Å²) in [5, 5.41) is 2.66. The molecule has 2 aromatic rings. The van der Waals surface area contributed by atoms with Gasteiger partial charge in [0.05, 0.1) is 18.1 Å². The Morgan fingerprint density at radius 1 is 1.25 bits per heavy atom. The van der Waals surface area contributed by atoms with E-state index >= 15 is 0 Å². The van der Waals surface area contributed by atoms with Gasteiger partial charge in [0, 0.05) is 23.5 Å². The highest BCUT2D eigenvalue weighted by Crippen LogP contribution is 2.43. The Kier molecular flexibility index (Phi) is 4.07. The van der Waals surface area contributed by atoms with E-state index in [9.17, 15) is 13.6 Å². The van der Waals surface area contributed by atoms with E-state index in [4.69, 9.17) is 0 Å². The summed E-state index contributed by atoms with van der Waals surface area (Å²) >= 11 is 0. The van der Waals surface area contributed by atoms with E-state index in [1.807, 2.05) is 13.0 Å². The standard InChI is InChI=1S/C18H19F2N3O/c1-10(2)17(24)23-16-9-21-15(8-22-16)13-7-14-12(6-11(13)3)4-5-18(14,19)20/h6-10H,4-5H2,1-3H3,(H,22,23,24). The lowest BCUT2D eigenvalue weighted by atomic mass is 9.98. The monoisotopic (exact) mass is 331 g/mol. The lowest BCUT2D eigenvalue weighted by molar-refractivity contribution is -0.118. The Hall–Kier alpha value is -2.37. The zero-order chi connectivity index (χ0) is 17.5. The molecule has 1 aliphatic rings. The normalized spacial score (nSPS) is 15.4. The molecule has 3 rings (SSSR count). The predicted octanol–water partition coefficient (Wildman–Crippen LogP) is 4.08. The van der Waals surface area contributed by atoms with Crippen molar-refractivity contribution < 1.29 is 13.6 Å². The lowest BCUT2D eigenvalue weighted by Crippen LogP contribution is -2.18. The lowest BCUT2D eigenvalue weighted by Gasteiger charge is -2.13. The summed E-state index contributed by atoms with van der Waals surface area (Å²) in [6.07, 6.45) is 3.20. The smallest absolute Gasteiger partial charge is 0.273 e. The third-order valence-corrected chi connectivity index (χ3v) is 4.26. The van der Waals surface area contributed by atoms with Crippen LogP contribution in [0.2, 0.25) is 0 Å². The SMILES string of the molecule is Cc1cc2c(cc1-c1cnc(NC(=O)C(C)C)cn1)C(F)(F)CC2. The molecule has 0 radical (unpaired) electrons. The number of nitrogens with zero attached hydrogens (tertiary/aromatic N) is 2. The summed E-state index contributed by atoms with van der Waals surface area (Å²) in [5.74, 6) is -2.74. The number of carbonyl (C=O) groups excluding carboxylic acids is 1. The molecular weight excluding hydrogens is 312 g/mol. The average Bonchev–Trinajstić information content (AvgIpc) is 2.82. The molecule has 0 fully saturated rings. The summed E-state index contributed by atoms with van der Waals surface area (Å²) in [5.41, 5.74) is 2.84. The molecular formula is C18H19F2N3O. The number of amides is 1. The van der Waals surface area contributed by atoms with Crippen LogP contribution in [-0.2, 0) is 17.1 Å². The minimum absolute atomic E-state index is 0.0853. The summed E-state index contributed by atoms with van der Waals surface area (Å²) in [7, 11) is 0. The molecule has 0 unspecified atom stereocenters. The summed E-state index contributed by atoms with van der Waals surface area (Å²) < 4.78 is 27.9. The number of hydrogen-bond acceptors (Lipinski definition) is 3. The fraction of sp³-hybridized carbons (Fsp3) is 0.389. The molecule has 1 N–H and O–H groups in total. The fourth-order valence-corrected chi connectivity index (χ4v) is 2.82. The Bertz CT molecular complexity index is 786. The van der Waals surface area contributed by atoms with Crippen molar-refractivity contribution in [3.63, 3.8) is 0 Å². The van der Waals surface area contributed by atoms with Crippen molar-refractivity contribution in [1.29, 1.82) is 0 Å². The third kappa shape index (κ3) is 3.00. The van der Waals surface area contributed by atoms with Crippen LogP contribution in [0.5, 0.6) is 0 Å². The van der Waals surface area contributed by atoms with Gasteiger partial charge in [-0.1, -0.05) is 19.9 Å². The van der Waals surface area contributed by atoms with Gasteiger partial charge >= 0.3 is 0 Å². The van der Waals surface area contributed by atoms with E-state index in [0.29, 0.717) is 29.1 Å². The van der Waals surface area contributed by atoms with Crippen molar-refractivity contribution in [3.8, 4) is 11.3 Å². The molecule has 24 heavy (non-hydrogen) atoms. The van der Waals surface area contributed by atoms with Crippen LogP contribution in [-0.4, -0.2) is 15.9 Å². The fourth-order valence-electron chi connectivity index (χ4n) is 2.82. The quantitative estimate of drug-likeness (QED) is 0.922. The van der Waals surface area contributed by atoms with Crippen molar-refractivity contribution in [2.24, 2.45) is 5.92 Å². The van der Waals surface area contributed by atoms with Crippen LogP contribution >= 0.6 is 0 Å². The van der Waals surface area contributed by atoms with Crippen LogP contribution in [0.1, 0.15) is 37.0 Å². The topological polar surface area (TPSA) is 54.9 Å². The summed E-state index contributed by atoms with van der Waals surface area (Å²) in [6, 6.07) is 3.33. The van der Waals surface area contributed by atoms with Gasteiger partial charge < -0.3 is 5.32 Å². The number of fused-ring (bicyclic) bond motifs is 1. The van der Waals surface area contributed by atoms with Crippen molar-refractivity contribution in [1.82, 2.24) is 9.97 Å². The molecule has 0 atom stereocenters. The van der Waals surface area contributed by atoms with E-state index in [-0.39, 0.29) is 23.8 Å². The van der Waals surface area contributed by atoms with E-state index in [0.717, 1.165) is 5.56 Å². The van der Waals surface area contributed by atoms with Gasteiger partial charge in [-0.3, -0.25) is 9.78 Å². The number of aryl methyl sites for hydroxylation is 2. The Labute approximate surface area is 139 Å². The molecule has 0 bridgehead atoms. The largest absolute Gasteiger partial charge is 0.309 e. The van der Waals surface area contributed by atoms with E-state index < -0.39 is 5.92 Å². The van der Waals surface area contributed by atoms with Crippen molar-refractivity contribution in [2.75, 3.05) is 5.32 Å². The van der Waals surface area contributed by atoms with Crippen LogP contribution in [0.15, 0.2) is 24.5 Å². The van der Waals surface area contributed by atoms with Crippen molar-refractivity contribution >= 4 is 11.7 Å². The zero-order valence-electron chi connectivity index (χ0n) is 13.9. The second-order valence-corrected chi connectivity index (χ2v) is 6.46. The molecule has 1 aromatic carbocycles. The number of rotatable bonds is 3. The molecule has 0 aliphatic heterocycles. The molecule has 0 saturated heterocycles. The van der Waals surface area contributed by atoms with Gasteiger partial charge in [0.2, 0.25) is 5.91 Å². The molecule has 0 saturated carbocycles. The van der Waals surface area contributed by atoms with E-state index in [1.165, 1.54) is 18.5 Å². The van der Waals surface area contributed by atoms with Crippen molar-refractivity contribution in [2.45, 2.75) is 39.5 Å². The first kappa shape index (κ1) is 16.5. The Morgan fingerprint density at radius 3 is 2.62 bits per heavy atom. The van der Waals surface area contributed by atoms with Gasteiger partial charge in [0.15, 0.2) is 5.82 Å². The molecule has 126 valence electrons. The summed E-state index contributed by atoms with van der Waals surface area (Å²) in [4.78, 5) is 20.1. The zero-order valence-corrected chi connectivity index (χ0v) is 13.9. The number of alkyl halides is 2. The number of hydrogen-bond donors (Lipinski definition) is 1. The maximum absolute atomic E-state index is 14.0. The van der Waals surface area contributed by atoms with Crippen molar-refractivity contribution in [3.05, 3.63) is 41.2 Å². The number of carbonyl (C=O) groups is 1.